The van der Waals surface area contributed by atoms with Crippen LogP contribution in [0, 0.1) is 0 Å². The third-order valence-electron chi connectivity index (χ3n) is 5.32. The van der Waals surface area contributed by atoms with Gasteiger partial charge < -0.3 is 19.1 Å². The lowest BCUT2D eigenvalue weighted by Crippen LogP contribution is -2.39. The summed E-state index contributed by atoms with van der Waals surface area (Å²) in [7, 11) is 4.79. The van der Waals surface area contributed by atoms with Gasteiger partial charge in [-0.1, -0.05) is 17.8 Å². The normalized spacial score (nSPS) is 15.4. The topological polar surface area (TPSA) is 82.9 Å². The van der Waals surface area contributed by atoms with Crippen LogP contribution in [0.15, 0.2) is 34.4 Å². The van der Waals surface area contributed by atoms with E-state index in [2.05, 4.69) is 4.98 Å². The first-order valence-corrected chi connectivity index (χ1v) is 10.6. The van der Waals surface area contributed by atoms with Crippen molar-refractivity contribution in [3.8, 4) is 17.2 Å². The highest BCUT2D eigenvalue weighted by molar-refractivity contribution is 7.99. The van der Waals surface area contributed by atoms with Crippen LogP contribution in [-0.4, -0.2) is 60.5 Å². The molecule has 2 aliphatic rings. The van der Waals surface area contributed by atoms with E-state index in [1.54, 1.807) is 30.8 Å². The third-order valence-corrected chi connectivity index (χ3v) is 6.29. The van der Waals surface area contributed by atoms with E-state index in [1.807, 2.05) is 18.2 Å². The van der Waals surface area contributed by atoms with Crippen LogP contribution in [0.25, 0.3) is 5.57 Å². The van der Waals surface area contributed by atoms with E-state index in [4.69, 9.17) is 14.2 Å². The molecule has 0 spiro atoms. The minimum absolute atomic E-state index is 0.123. The third kappa shape index (κ3) is 3.54. The van der Waals surface area contributed by atoms with Gasteiger partial charge in [0, 0.05) is 43.7 Å². The molecule has 0 atom stereocenters. The summed E-state index contributed by atoms with van der Waals surface area (Å²) < 4.78 is 18.0. The SMILES string of the molecule is COc1cc(OC)c(C2=CCN(C(=O)c3cnc4n(c3=O)CCS4)CC2)c(OC)c1. The number of aromatic nitrogens is 2. The maximum atomic E-state index is 13.0. The molecule has 1 aromatic carbocycles. The Morgan fingerprint density at radius 2 is 1.83 bits per heavy atom. The van der Waals surface area contributed by atoms with E-state index >= 15 is 0 Å². The molecule has 0 saturated heterocycles. The van der Waals surface area contributed by atoms with Crippen LogP contribution in [0.3, 0.4) is 0 Å². The number of methoxy groups -OCH3 is 3. The fourth-order valence-electron chi connectivity index (χ4n) is 3.74. The van der Waals surface area contributed by atoms with Crippen molar-refractivity contribution in [1.29, 1.82) is 0 Å². The summed E-state index contributed by atoms with van der Waals surface area (Å²) in [5.74, 6) is 2.46. The van der Waals surface area contributed by atoms with Crippen molar-refractivity contribution in [3.63, 3.8) is 0 Å². The minimum atomic E-state index is -0.288. The van der Waals surface area contributed by atoms with Crippen molar-refractivity contribution in [1.82, 2.24) is 14.5 Å². The number of carbonyl (C=O) groups is 1. The van der Waals surface area contributed by atoms with Crippen LogP contribution in [0.5, 0.6) is 17.2 Å². The molecule has 8 nitrogen and oxygen atoms in total. The van der Waals surface area contributed by atoms with E-state index < -0.39 is 0 Å². The number of hydrogen-bond acceptors (Lipinski definition) is 7. The molecule has 0 unspecified atom stereocenters. The number of thioether (sulfide) groups is 1. The Morgan fingerprint density at radius 1 is 1.10 bits per heavy atom. The highest BCUT2D eigenvalue weighted by Gasteiger charge is 2.27. The van der Waals surface area contributed by atoms with Crippen molar-refractivity contribution in [2.75, 3.05) is 40.2 Å². The number of rotatable bonds is 5. The average molecular weight is 429 g/mol. The summed E-state index contributed by atoms with van der Waals surface area (Å²) in [6, 6.07) is 3.62. The Balaban J connectivity index is 1.60. The van der Waals surface area contributed by atoms with Gasteiger partial charge in [0.15, 0.2) is 5.16 Å². The summed E-state index contributed by atoms with van der Waals surface area (Å²) >= 11 is 1.53. The Bertz CT molecular complexity index is 1050. The number of nitrogens with zero attached hydrogens (tertiary/aromatic N) is 3. The lowest BCUT2D eigenvalue weighted by Gasteiger charge is -2.28. The maximum Gasteiger partial charge on any atom is 0.267 e. The van der Waals surface area contributed by atoms with Crippen molar-refractivity contribution in [2.24, 2.45) is 0 Å². The van der Waals surface area contributed by atoms with E-state index in [-0.39, 0.29) is 17.0 Å². The Labute approximate surface area is 178 Å². The smallest absolute Gasteiger partial charge is 0.267 e. The number of hydrogen-bond donors (Lipinski definition) is 0. The van der Waals surface area contributed by atoms with Gasteiger partial charge in [-0.05, 0) is 12.0 Å². The summed E-state index contributed by atoms with van der Waals surface area (Å²) in [6.07, 6.45) is 3.99. The second-order valence-electron chi connectivity index (χ2n) is 6.90. The Morgan fingerprint density at radius 3 is 2.43 bits per heavy atom. The van der Waals surface area contributed by atoms with Gasteiger partial charge in [0.2, 0.25) is 0 Å². The molecule has 0 N–H and O–H groups in total. The Hall–Kier alpha value is -2.94. The molecular formula is C21H23N3O5S. The molecule has 3 heterocycles. The van der Waals surface area contributed by atoms with Crippen LogP contribution in [0.1, 0.15) is 22.3 Å². The molecule has 158 valence electrons. The lowest BCUT2D eigenvalue weighted by atomic mass is 9.97. The van der Waals surface area contributed by atoms with Gasteiger partial charge in [0.1, 0.15) is 22.8 Å². The molecule has 2 aromatic rings. The molecule has 0 bridgehead atoms. The lowest BCUT2D eigenvalue weighted by molar-refractivity contribution is 0.0769. The van der Waals surface area contributed by atoms with Gasteiger partial charge in [-0.3, -0.25) is 14.2 Å². The van der Waals surface area contributed by atoms with Gasteiger partial charge in [-0.2, -0.15) is 0 Å². The second-order valence-corrected chi connectivity index (χ2v) is 7.96. The summed E-state index contributed by atoms with van der Waals surface area (Å²) in [5.41, 5.74) is 1.74. The first-order valence-electron chi connectivity index (χ1n) is 9.58. The largest absolute Gasteiger partial charge is 0.496 e. The Kier molecular flexibility index (Phi) is 5.72. The van der Waals surface area contributed by atoms with Crippen molar-refractivity contribution in [2.45, 2.75) is 18.1 Å². The van der Waals surface area contributed by atoms with Crippen molar-refractivity contribution < 1.29 is 19.0 Å². The van der Waals surface area contributed by atoms with Gasteiger partial charge in [0.25, 0.3) is 11.5 Å². The zero-order chi connectivity index (χ0) is 21.3. The van der Waals surface area contributed by atoms with Crippen LogP contribution in [-0.2, 0) is 6.54 Å². The number of benzene rings is 1. The fraction of sp³-hybridized carbons (Fsp3) is 0.381. The van der Waals surface area contributed by atoms with E-state index in [1.165, 1.54) is 18.0 Å². The molecule has 4 rings (SSSR count). The fourth-order valence-corrected chi connectivity index (χ4v) is 4.65. The molecule has 0 aliphatic carbocycles. The van der Waals surface area contributed by atoms with E-state index in [0.29, 0.717) is 48.5 Å². The quantitative estimate of drug-likeness (QED) is 0.675. The standard InChI is InChI=1S/C21H23N3O5S/c1-27-14-10-16(28-2)18(17(11-14)29-3)13-4-6-23(7-5-13)19(25)15-12-22-21-24(20(15)26)8-9-30-21/h4,10-12H,5-9H2,1-3H3. The summed E-state index contributed by atoms with van der Waals surface area (Å²) in [6.45, 7) is 1.47. The first kappa shape index (κ1) is 20.3. The zero-order valence-electron chi connectivity index (χ0n) is 17.1. The molecule has 30 heavy (non-hydrogen) atoms. The second kappa shape index (κ2) is 8.43. The average Bonchev–Trinajstić information content (AvgIpc) is 3.28. The van der Waals surface area contributed by atoms with Gasteiger partial charge >= 0.3 is 0 Å². The summed E-state index contributed by atoms with van der Waals surface area (Å²) in [4.78, 5) is 31.6. The molecule has 0 radical (unpaired) electrons. The van der Waals surface area contributed by atoms with Crippen LogP contribution in [0.4, 0.5) is 0 Å². The van der Waals surface area contributed by atoms with Crippen LogP contribution >= 0.6 is 11.8 Å². The van der Waals surface area contributed by atoms with Crippen LogP contribution < -0.4 is 19.8 Å². The number of ether oxygens (including phenoxy) is 3. The van der Waals surface area contributed by atoms with E-state index in [0.717, 1.165) is 16.9 Å². The first-order chi connectivity index (χ1) is 14.6. The summed E-state index contributed by atoms with van der Waals surface area (Å²) in [5, 5.41) is 0.677. The molecule has 0 saturated carbocycles. The molecule has 1 amide bonds. The monoisotopic (exact) mass is 429 g/mol. The van der Waals surface area contributed by atoms with Crippen molar-refractivity contribution >= 4 is 23.2 Å². The molecule has 9 heteroatoms. The molecule has 1 aromatic heterocycles. The van der Waals surface area contributed by atoms with Gasteiger partial charge in [-0.25, -0.2) is 4.98 Å². The highest BCUT2D eigenvalue weighted by atomic mass is 32.2. The number of amides is 1. The molecule has 2 aliphatic heterocycles. The molecule has 0 fully saturated rings. The minimum Gasteiger partial charge on any atom is -0.496 e. The van der Waals surface area contributed by atoms with Crippen molar-refractivity contribution in [3.05, 3.63) is 45.9 Å². The maximum absolute atomic E-state index is 13.0. The predicted octanol–water partition coefficient (Wildman–Crippen LogP) is 2.30. The number of carbonyl (C=O) groups excluding carboxylic acids is 1. The van der Waals surface area contributed by atoms with E-state index in [9.17, 15) is 9.59 Å². The molecular weight excluding hydrogens is 406 g/mol. The highest BCUT2D eigenvalue weighted by Crippen LogP contribution is 2.40. The van der Waals surface area contributed by atoms with Gasteiger partial charge in [0.05, 0.1) is 26.9 Å². The van der Waals surface area contributed by atoms with Crippen LogP contribution in [0.2, 0.25) is 0 Å². The number of fused-ring (bicyclic) bond motifs is 1. The zero-order valence-corrected chi connectivity index (χ0v) is 18.0. The van der Waals surface area contributed by atoms with Gasteiger partial charge in [-0.15, -0.1) is 0 Å². The predicted molar refractivity (Wildman–Crippen MR) is 114 cm³/mol.